The van der Waals surface area contributed by atoms with E-state index in [0.29, 0.717) is 30.3 Å². The lowest BCUT2D eigenvalue weighted by molar-refractivity contribution is -0.129. The Morgan fingerprint density at radius 1 is 1.22 bits per heavy atom. The van der Waals surface area contributed by atoms with Crippen molar-refractivity contribution < 1.29 is 14.0 Å². The quantitative estimate of drug-likeness (QED) is 0.834. The molecule has 5 heteroatoms. The van der Waals surface area contributed by atoms with Crippen molar-refractivity contribution in [2.24, 2.45) is 5.92 Å². The first-order chi connectivity index (χ1) is 12.9. The van der Waals surface area contributed by atoms with Gasteiger partial charge in [-0.25, -0.2) is 0 Å². The van der Waals surface area contributed by atoms with Crippen molar-refractivity contribution >= 4 is 17.9 Å². The summed E-state index contributed by atoms with van der Waals surface area (Å²) in [6.07, 6.45) is 5.24. The summed E-state index contributed by atoms with van der Waals surface area (Å²) < 4.78 is 5.35. The summed E-state index contributed by atoms with van der Waals surface area (Å²) in [6, 6.07) is 9.03. The summed E-state index contributed by atoms with van der Waals surface area (Å²) >= 11 is 0. The molecule has 1 fully saturated rings. The topological polar surface area (TPSA) is 62.6 Å². The summed E-state index contributed by atoms with van der Waals surface area (Å²) in [4.78, 5) is 27.6. The average Bonchev–Trinajstić information content (AvgIpc) is 3.16. The summed E-state index contributed by atoms with van der Waals surface area (Å²) in [6.45, 7) is 7.52. The molecule has 3 rings (SSSR count). The van der Waals surface area contributed by atoms with E-state index in [9.17, 15) is 9.59 Å². The fourth-order valence-corrected chi connectivity index (χ4v) is 3.29. The lowest BCUT2D eigenvalue weighted by atomic mass is 10.00. The zero-order valence-electron chi connectivity index (χ0n) is 16.1. The molecule has 1 aliphatic rings. The minimum Gasteiger partial charge on any atom is -0.465 e. The van der Waals surface area contributed by atoms with Crippen LogP contribution < -0.4 is 5.32 Å². The van der Waals surface area contributed by atoms with Gasteiger partial charge in [-0.2, -0.15) is 0 Å². The van der Waals surface area contributed by atoms with Gasteiger partial charge in [0.25, 0.3) is 11.8 Å². The highest BCUT2D eigenvalue weighted by Crippen LogP contribution is 2.18. The van der Waals surface area contributed by atoms with Gasteiger partial charge >= 0.3 is 0 Å². The molecule has 2 aromatic rings. The third-order valence-electron chi connectivity index (χ3n) is 5.02. The molecule has 2 amide bonds. The molecule has 5 nitrogen and oxygen atoms in total. The Morgan fingerprint density at radius 3 is 2.70 bits per heavy atom. The molecule has 2 heterocycles. The molecule has 1 atom stereocenters. The van der Waals surface area contributed by atoms with E-state index < -0.39 is 0 Å². The molecule has 1 aromatic carbocycles. The molecule has 1 N–H and O–H groups in total. The molecule has 1 aliphatic heterocycles. The van der Waals surface area contributed by atoms with Crippen LogP contribution in [-0.4, -0.2) is 29.8 Å². The van der Waals surface area contributed by atoms with Crippen molar-refractivity contribution in [2.75, 3.05) is 13.1 Å². The molecule has 0 saturated carbocycles. The predicted octanol–water partition coefficient (Wildman–Crippen LogP) is 3.93. The van der Waals surface area contributed by atoms with Crippen LogP contribution in [0.3, 0.4) is 0 Å². The predicted molar refractivity (Wildman–Crippen MR) is 105 cm³/mol. The van der Waals surface area contributed by atoms with Crippen molar-refractivity contribution in [3.63, 3.8) is 0 Å². The summed E-state index contributed by atoms with van der Waals surface area (Å²) in [7, 11) is 0. The van der Waals surface area contributed by atoms with Crippen LogP contribution in [0.25, 0.3) is 6.08 Å². The Bertz CT molecular complexity index is 852. The molecular formula is C22H26N2O3. The molecule has 27 heavy (non-hydrogen) atoms. The SMILES string of the molecule is Cc1ccc(C(=O)NC(=Cc2ccco2)C(=O)N2CCCC(C)C2)cc1C. The second kappa shape index (κ2) is 8.25. The van der Waals surface area contributed by atoms with E-state index >= 15 is 0 Å². The van der Waals surface area contributed by atoms with Crippen LogP contribution in [0.4, 0.5) is 0 Å². The van der Waals surface area contributed by atoms with E-state index in [-0.39, 0.29) is 17.5 Å². The zero-order chi connectivity index (χ0) is 19.4. The first-order valence-corrected chi connectivity index (χ1v) is 9.37. The van der Waals surface area contributed by atoms with Crippen molar-refractivity contribution in [1.82, 2.24) is 10.2 Å². The number of carbonyl (C=O) groups excluding carboxylic acids is 2. The van der Waals surface area contributed by atoms with Gasteiger partial charge in [0.2, 0.25) is 0 Å². The van der Waals surface area contributed by atoms with Gasteiger partial charge < -0.3 is 14.6 Å². The number of hydrogen-bond donors (Lipinski definition) is 1. The summed E-state index contributed by atoms with van der Waals surface area (Å²) in [5, 5.41) is 2.80. The van der Waals surface area contributed by atoms with Gasteiger partial charge in [-0.1, -0.05) is 13.0 Å². The number of piperidine rings is 1. The molecule has 0 aliphatic carbocycles. The largest absolute Gasteiger partial charge is 0.465 e. The van der Waals surface area contributed by atoms with E-state index in [2.05, 4.69) is 12.2 Å². The van der Waals surface area contributed by atoms with Gasteiger partial charge in [-0.15, -0.1) is 0 Å². The van der Waals surface area contributed by atoms with Crippen LogP contribution in [0.15, 0.2) is 46.7 Å². The number of furan rings is 1. The molecular weight excluding hydrogens is 340 g/mol. The van der Waals surface area contributed by atoms with Crippen LogP contribution >= 0.6 is 0 Å². The molecule has 1 unspecified atom stereocenters. The highest BCUT2D eigenvalue weighted by Gasteiger charge is 2.25. The standard InChI is InChI=1S/C22H26N2O3/c1-15-6-4-10-24(14-15)22(26)20(13-19-7-5-11-27-19)23-21(25)18-9-8-16(2)17(3)12-18/h5,7-9,11-13,15H,4,6,10,14H2,1-3H3,(H,23,25). The number of hydrogen-bond acceptors (Lipinski definition) is 3. The van der Waals surface area contributed by atoms with Gasteiger partial charge in [0.15, 0.2) is 0 Å². The van der Waals surface area contributed by atoms with Crippen LogP contribution in [0.5, 0.6) is 0 Å². The van der Waals surface area contributed by atoms with E-state index in [1.165, 1.54) is 0 Å². The molecule has 142 valence electrons. The molecule has 1 saturated heterocycles. The van der Waals surface area contributed by atoms with Crippen LogP contribution in [-0.2, 0) is 4.79 Å². The van der Waals surface area contributed by atoms with Gasteiger partial charge in [-0.05, 0) is 68.0 Å². The van der Waals surface area contributed by atoms with Gasteiger partial charge in [0.1, 0.15) is 11.5 Å². The minimum atomic E-state index is -0.297. The number of likely N-dealkylation sites (tertiary alicyclic amines) is 1. The first kappa shape index (κ1) is 19.0. The molecule has 0 radical (unpaired) electrons. The lowest BCUT2D eigenvalue weighted by Crippen LogP contribution is -2.43. The number of benzene rings is 1. The average molecular weight is 366 g/mol. The Morgan fingerprint density at radius 2 is 2.04 bits per heavy atom. The normalized spacial score (nSPS) is 17.7. The number of aryl methyl sites for hydroxylation is 2. The number of amides is 2. The number of nitrogens with zero attached hydrogens (tertiary/aromatic N) is 1. The van der Waals surface area contributed by atoms with Crippen LogP contribution in [0, 0.1) is 19.8 Å². The fourth-order valence-electron chi connectivity index (χ4n) is 3.29. The van der Waals surface area contributed by atoms with E-state index in [1.54, 1.807) is 30.5 Å². The highest BCUT2D eigenvalue weighted by molar-refractivity contribution is 6.05. The zero-order valence-corrected chi connectivity index (χ0v) is 16.1. The van der Waals surface area contributed by atoms with Crippen molar-refractivity contribution in [3.05, 3.63) is 64.7 Å². The lowest BCUT2D eigenvalue weighted by Gasteiger charge is -2.31. The maximum absolute atomic E-state index is 13.1. The number of rotatable bonds is 4. The second-order valence-electron chi connectivity index (χ2n) is 7.33. The highest BCUT2D eigenvalue weighted by atomic mass is 16.3. The monoisotopic (exact) mass is 366 g/mol. The van der Waals surface area contributed by atoms with Crippen molar-refractivity contribution in [2.45, 2.75) is 33.6 Å². The Kier molecular flexibility index (Phi) is 5.79. The summed E-state index contributed by atoms with van der Waals surface area (Å²) in [5.41, 5.74) is 2.93. The third kappa shape index (κ3) is 4.67. The smallest absolute Gasteiger partial charge is 0.270 e. The molecule has 0 bridgehead atoms. The first-order valence-electron chi connectivity index (χ1n) is 9.37. The number of carbonyl (C=O) groups is 2. The van der Waals surface area contributed by atoms with Crippen LogP contribution in [0.1, 0.15) is 47.0 Å². The van der Waals surface area contributed by atoms with E-state index in [1.807, 2.05) is 30.9 Å². The van der Waals surface area contributed by atoms with Crippen molar-refractivity contribution in [1.29, 1.82) is 0 Å². The number of nitrogens with one attached hydrogen (secondary N) is 1. The summed E-state index contributed by atoms with van der Waals surface area (Å²) in [5.74, 6) is 0.524. The maximum atomic E-state index is 13.1. The van der Waals surface area contributed by atoms with Gasteiger partial charge in [0.05, 0.1) is 6.26 Å². The van der Waals surface area contributed by atoms with Gasteiger partial charge in [-0.3, -0.25) is 9.59 Å². The van der Waals surface area contributed by atoms with Crippen LogP contribution in [0.2, 0.25) is 0 Å². The Hall–Kier alpha value is -2.82. The maximum Gasteiger partial charge on any atom is 0.270 e. The molecule has 1 aromatic heterocycles. The Labute approximate surface area is 160 Å². The van der Waals surface area contributed by atoms with Crippen molar-refractivity contribution in [3.8, 4) is 0 Å². The molecule has 0 spiro atoms. The fraction of sp³-hybridized carbons (Fsp3) is 0.364. The minimum absolute atomic E-state index is 0.171. The van der Waals surface area contributed by atoms with E-state index in [4.69, 9.17) is 4.42 Å². The Balaban J connectivity index is 1.84. The van der Waals surface area contributed by atoms with Gasteiger partial charge in [0, 0.05) is 24.7 Å². The third-order valence-corrected chi connectivity index (χ3v) is 5.02. The van der Waals surface area contributed by atoms with E-state index in [0.717, 1.165) is 24.0 Å². The second-order valence-corrected chi connectivity index (χ2v) is 7.33.